The van der Waals surface area contributed by atoms with Gasteiger partial charge in [-0.1, -0.05) is 35.9 Å². The predicted molar refractivity (Wildman–Crippen MR) is 102 cm³/mol. The molecule has 2 aromatic rings. The molecule has 7 heteroatoms. The summed E-state index contributed by atoms with van der Waals surface area (Å²) in [5.74, 6) is -0.394. The van der Waals surface area contributed by atoms with Crippen LogP contribution in [-0.4, -0.2) is 40.6 Å². The highest BCUT2D eigenvalue weighted by molar-refractivity contribution is 7.92. The van der Waals surface area contributed by atoms with Crippen molar-refractivity contribution < 1.29 is 17.9 Å². The van der Waals surface area contributed by atoms with Crippen molar-refractivity contribution in [3.63, 3.8) is 0 Å². The van der Waals surface area contributed by atoms with Crippen LogP contribution in [0.5, 0.6) is 0 Å². The molecule has 0 aliphatic rings. The zero-order valence-electron chi connectivity index (χ0n) is 15.2. The molecule has 0 saturated heterocycles. The number of sulfonamides is 1. The average Bonchev–Trinajstić information content (AvgIpc) is 2.61. The van der Waals surface area contributed by atoms with E-state index in [4.69, 9.17) is 4.74 Å². The van der Waals surface area contributed by atoms with Crippen molar-refractivity contribution in [1.29, 1.82) is 0 Å². The molecule has 6 nitrogen and oxygen atoms in total. The van der Waals surface area contributed by atoms with Gasteiger partial charge in [0.2, 0.25) is 5.91 Å². The molecular weight excluding hydrogens is 352 g/mol. The van der Waals surface area contributed by atoms with E-state index in [-0.39, 0.29) is 17.5 Å². The Morgan fingerprint density at radius 2 is 1.73 bits per heavy atom. The van der Waals surface area contributed by atoms with Gasteiger partial charge in [-0.15, -0.1) is 0 Å². The number of hydrogen-bond acceptors (Lipinski definition) is 4. The van der Waals surface area contributed by atoms with E-state index >= 15 is 0 Å². The fraction of sp³-hybridized carbons (Fsp3) is 0.316. The van der Waals surface area contributed by atoms with Crippen LogP contribution in [0.15, 0.2) is 59.5 Å². The first kappa shape index (κ1) is 19.9. The van der Waals surface area contributed by atoms with E-state index in [0.29, 0.717) is 12.3 Å². The van der Waals surface area contributed by atoms with E-state index < -0.39 is 15.9 Å². The summed E-state index contributed by atoms with van der Waals surface area (Å²) in [6, 6.07) is 14.9. The highest BCUT2D eigenvalue weighted by Gasteiger charge is 2.27. The van der Waals surface area contributed by atoms with Crippen molar-refractivity contribution in [2.24, 2.45) is 0 Å². The maximum Gasteiger partial charge on any atom is 0.264 e. The Bertz CT molecular complexity index is 820. The molecule has 0 aromatic heterocycles. The van der Waals surface area contributed by atoms with Crippen LogP contribution < -0.4 is 9.62 Å². The van der Waals surface area contributed by atoms with Gasteiger partial charge in [-0.25, -0.2) is 8.42 Å². The Balaban J connectivity index is 2.34. The summed E-state index contributed by atoms with van der Waals surface area (Å²) in [7, 11) is -2.33. The molecule has 1 atom stereocenters. The lowest BCUT2D eigenvalue weighted by molar-refractivity contribution is -0.120. The first-order valence-corrected chi connectivity index (χ1v) is 9.71. The molecule has 0 radical (unpaired) electrons. The smallest absolute Gasteiger partial charge is 0.264 e. The van der Waals surface area contributed by atoms with Gasteiger partial charge >= 0.3 is 0 Å². The van der Waals surface area contributed by atoms with E-state index in [1.165, 1.54) is 12.1 Å². The van der Waals surface area contributed by atoms with Gasteiger partial charge in [0, 0.05) is 13.2 Å². The summed E-state index contributed by atoms with van der Waals surface area (Å²) in [5, 5.41) is 2.75. The predicted octanol–water partition coefficient (Wildman–Crippen LogP) is 2.34. The number of anilines is 1. The molecule has 2 aromatic carbocycles. The number of methoxy groups -OCH3 is 1. The molecule has 0 saturated carbocycles. The van der Waals surface area contributed by atoms with Crippen LogP contribution >= 0.6 is 0 Å². The van der Waals surface area contributed by atoms with Crippen LogP contribution in [0.3, 0.4) is 0 Å². The second-order valence-electron chi connectivity index (χ2n) is 6.08. The minimum Gasteiger partial charge on any atom is -0.383 e. The largest absolute Gasteiger partial charge is 0.383 e. The molecule has 0 bridgehead atoms. The molecule has 0 aliphatic carbocycles. The van der Waals surface area contributed by atoms with Gasteiger partial charge in [-0.05, 0) is 38.1 Å². The Kier molecular flexibility index (Phi) is 6.76. The van der Waals surface area contributed by atoms with E-state index in [2.05, 4.69) is 5.32 Å². The molecule has 1 N–H and O–H groups in total. The van der Waals surface area contributed by atoms with Gasteiger partial charge in [0.05, 0.1) is 17.2 Å². The van der Waals surface area contributed by atoms with E-state index in [9.17, 15) is 13.2 Å². The first-order chi connectivity index (χ1) is 12.3. The van der Waals surface area contributed by atoms with Crippen LogP contribution in [0.4, 0.5) is 5.69 Å². The fourth-order valence-electron chi connectivity index (χ4n) is 2.49. The molecule has 0 spiro atoms. The summed E-state index contributed by atoms with van der Waals surface area (Å²) >= 11 is 0. The van der Waals surface area contributed by atoms with Crippen molar-refractivity contribution in [3.05, 3.63) is 60.2 Å². The van der Waals surface area contributed by atoms with Gasteiger partial charge in [0.15, 0.2) is 0 Å². The summed E-state index contributed by atoms with van der Waals surface area (Å²) < 4.78 is 32.3. The van der Waals surface area contributed by atoms with Crippen molar-refractivity contribution in [2.45, 2.75) is 24.8 Å². The number of aryl methyl sites for hydroxylation is 1. The number of nitrogens with zero attached hydrogens (tertiary/aromatic N) is 1. The quantitative estimate of drug-likeness (QED) is 0.767. The number of hydrogen-bond donors (Lipinski definition) is 1. The van der Waals surface area contributed by atoms with Crippen LogP contribution in [0.2, 0.25) is 0 Å². The second-order valence-corrected chi connectivity index (χ2v) is 7.95. The first-order valence-electron chi connectivity index (χ1n) is 8.27. The fourth-order valence-corrected chi connectivity index (χ4v) is 3.93. The monoisotopic (exact) mass is 376 g/mol. The van der Waals surface area contributed by atoms with E-state index in [0.717, 1.165) is 9.87 Å². The third kappa shape index (κ3) is 5.06. The van der Waals surface area contributed by atoms with Gasteiger partial charge in [-0.3, -0.25) is 9.10 Å². The highest BCUT2D eigenvalue weighted by Crippen LogP contribution is 2.23. The van der Waals surface area contributed by atoms with Crippen LogP contribution in [0, 0.1) is 6.92 Å². The van der Waals surface area contributed by atoms with Crippen molar-refractivity contribution in [1.82, 2.24) is 5.32 Å². The Morgan fingerprint density at radius 1 is 1.12 bits per heavy atom. The molecule has 1 amide bonds. The molecule has 26 heavy (non-hydrogen) atoms. The number of carbonyl (C=O) groups is 1. The normalized spacial score (nSPS) is 12.4. The van der Waals surface area contributed by atoms with Gasteiger partial charge in [0.1, 0.15) is 6.54 Å². The number of ether oxygens (including phenoxy) is 1. The minimum atomic E-state index is -3.87. The number of nitrogens with one attached hydrogen (secondary N) is 1. The summed E-state index contributed by atoms with van der Waals surface area (Å²) in [6.45, 7) is 3.75. The standard InChI is InChI=1S/C19H24N2O4S/c1-15-9-11-17(12-10-15)21(13-19(22)20-16(2)14-25-3)26(23,24)18-7-5-4-6-8-18/h4-12,16H,13-14H2,1-3H3,(H,20,22)/t16-/m0/s1. The van der Waals surface area contributed by atoms with Crippen molar-refractivity contribution in [2.75, 3.05) is 24.6 Å². The maximum absolute atomic E-state index is 13.1. The number of carbonyl (C=O) groups excluding carboxylic acids is 1. The Labute approximate surface area is 154 Å². The minimum absolute atomic E-state index is 0.137. The molecule has 0 heterocycles. The molecule has 0 fully saturated rings. The average molecular weight is 376 g/mol. The van der Waals surface area contributed by atoms with Crippen molar-refractivity contribution in [3.8, 4) is 0 Å². The second kappa shape index (κ2) is 8.82. The number of benzene rings is 2. The van der Waals surface area contributed by atoms with Gasteiger partial charge < -0.3 is 10.1 Å². The topological polar surface area (TPSA) is 75.7 Å². The summed E-state index contributed by atoms with van der Waals surface area (Å²) in [4.78, 5) is 12.5. The van der Waals surface area contributed by atoms with E-state index in [1.807, 2.05) is 19.1 Å². The third-order valence-corrected chi connectivity index (χ3v) is 5.55. The van der Waals surface area contributed by atoms with Crippen molar-refractivity contribution >= 4 is 21.6 Å². The lowest BCUT2D eigenvalue weighted by atomic mass is 10.2. The maximum atomic E-state index is 13.1. The molecule has 140 valence electrons. The van der Waals surface area contributed by atoms with Crippen LogP contribution in [0.25, 0.3) is 0 Å². The Hall–Kier alpha value is -2.38. The Morgan fingerprint density at radius 3 is 2.31 bits per heavy atom. The van der Waals surface area contributed by atoms with Gasteiger partial charge in [-0.2, -0.15) is 0 Å². The zero-order valence-corrected chi connectivity index (χ0v) is 16.0. The summed E-state index contributed by atoms with van der Waals surface area (Å²) in [6.07, 6.45) is 0. The molecule has 0 aliphatic heterocycles. The SMILES string of the molecule is COC[C@H](C)NC(=O)CN(c1ccc(C)cc1)S(=O)(=O)c1ccccc1. The highest BCUT2D eigenvalue weighted by atomic mass is 32.2. The lowest BCUT2D eigenvalue weighted by Gasteiger charge is -2.25. The zero-order chi connectivity index (χ0) is 19.2. The molecule has 2 rings (SSSR count). The molecule has 0 unspecified atom stereocenters. The molecular formula is C19H24N2O4S. The van der Waals surface area contributed by atoms with Gasteiger partial charge in [0.25, 0.3) is 10.0 Å². The van der Waals surface area contributed by atoms with Crippen LogP contribution in [0.1, 0.15) is 12.5 Å². The van der Waals surface area contributed by atoms with E-state index in [1.54, 1.807) is 44.4 Å². The van der Waals surface area contributed by atoms with Crippen LogP contribution in [-0.2, 0) is 19.6 Å². The third-order valence-electron chi connectivity index (χ3n) is 3.76. The lowest BCUT2D eigenvalue weighted by Crippen LogP contribution is -2.44. The number of amides is 1. The number of rotatable bonds is 8. The summed E-state index contributed by atoms with van der Waals surface area (Å²) in [5.41, 5.74) is 1.44.